The first kappa shape index (κ1) is 16.3. The van der Waals surface area contributed by atoms with Crippen LogP contribution in [0.3, 0.4) is 0 Å². The number of aromatic nitrogens is 1. The van der Waals surface area contributed by atoms with Crippen molar-refractivity contribution in [3.8, 4) is 11.1 Å². The number of hydrogen-bond acceptors (Lipinski definition) is 2. The average Bonchev–Trinajstić information content (AvgIpc) is 2.95. The molecule has 0 saturated carbocycles. The van der Waals surface area contributed by atoms with Gasteiger partial charge in [-0.2, -0.15) is 0 Å². The monoisotopic (exact) mass is 321 g/mol. The molecule has 0 bridgehead atoms. The van der Waals surface area contributed by atoms with E-state index >= 15 is 0 Å². The minimum atomic E-state index is -0.290. The molecule has 0 amide bonds. The van der Waals surface area contributed by atoms with Crippen LogP contribution >= 0.6 is 0 Å². The molecule has 3 nitrogen and oxygen atoms in total. The fourth-order valence-electron chi connectivity index (χ4n) is 3.20. The van der Waals surface area contributed by atoms with E-state index in [0.29, 0.717) is 6.61 Å². The van der Waals surface area contributed by atoms with Gasteiger partial charge in [-0.1, -0.05) is 61.9 Å². The number of carbonyl (C=O) groups is 1. The third-order valence-corrected chi connectivity index (χ3v) is 4.25. The van der Waals surface area contributed by atoms with Crippen molar-refractivity contribution in [3.05, 3.63) is 60.3 Å². The molecular formula is C21H23NO2. The second kappa shape index (κ2) is 7.35. The van der Waals surface area contributed by atoms with E-state index < -0.39 is 0 Å². The number of ether oxygens (including phenoxy) is 1. The Bertz CT molecular complexity index is 834. The average molecular weight is 321 g/mol. The predicted molar refractivity (Wildman–Crippen MR) is 98.4 cm³/mol. The highest BCUT2D eigenvalue weighted by molar-refractivity contribution is 6.02. The number of unbranched alkanes of at least 4 members (excludes halogenated alkanes) is 1. The van der Waals surface area contributed by atoms with E-state index in [4.69, 9.17) is 4.74 Å². The van der Waals surface area contributed by atoms with Gasteiger partial charge in [0.2, 0.25) is 0 Å². The summed E-state index contributed by atoms with van der Waals surface area (Å²) >= 11 is 0. The minimum absolute atomic E-state index is 0.290. The van der Waals surface area contributed by atoms with Gasteiger partial charge < -0.3 is 4.74 Å². The SMILES string of the molecule is CCCCc1c(-c2ccccc2)c2ccccc2n1C(=O)OCC. The fraction of sp³-hybridized carbons (Fsp3) is 0.286. The van der Waals surface area contributed by atoms with Gasteiger partial charge in [0.15, 0.2) is 0 Å². The maximum absolute atomic E-state index is 12.6. The number of para-hydroxylation sites is 1. The van der Waals surface area contributed by atoms with E-state index in [9.17, 15) is 4.79 Å². The number of rotatable bonds is 5. The van der Waals surface area contributed by atoms with Crippen LogP contribution in [0.4, 0.5) is 4.79 Å². The van der Waals surface area contributed by atoms with Crippen LogP contribution < -0.4 is 0 Å². The van der Waals surface area contributed by atoms with Crippen LogP contribution in [0.5, 0.6) is 0 Å². The minimum Gasteiger partial charge on any atom is -0.449 e. The smallest absolute Gasteiger partial charge is 0.418 e. The normalized spacial score (nSPS) is 10.9. The first-order valence-electron chi connectivity index (χ1n) is 8.62. The lowest BCUT2D eigenvalue weighted by Gasteiger charge is -2.11. The Morgan fingerprint density at radius 1 is 1.00 bits per heavy atom. The number of carbonyl (C=O) groups excluding carboxylic acids is 1. The van der Waals surface area contributed by atoms with E-state index in [0.717, 1.165) is 47.0 Å². The van der Waals surface area contributed by atoms with Crippen molar-refractivity contribution in [3.63, 3.8) is 0 Å². The summed E-state index contributed by atoms with van der Waals surface area (Å²) < 4.78 is 7.09. The lowest BCUT2D eigenvalue weighted by Crippen LogP contribution is -2.16. The van der Waals surface area contributed by atoms with Crippen molar-refractivity contribution in [1.29, 1.82) is 0 Å². The Hall–Kier alpha value is -2.55. The van der Waals surface area contributed by atoms with Gasteiger partial charge in [0, 0.05) is 16.6 Å². The highest BCUT2D eigenvalue weighted by atomic mass is 16.5. The van der Waals surface area contributed by atoms with Gasteiger partial charge in [-0.05, 0) is 31.4 Å². The lowest BCUT2D eigenvalue weighted by atomic mass is 9.99. The lowest BCUT2D eigenvalue weighted by molar-refractivity contribution is 0.154. The summed E-state index contributed by atoms with van der Waals surface area (Å²) in [5.74, 6) is 0. The highest BCUT2D eigenvalue weighted by Crippen LogP contribution is 2.36. The van der Waals surface area contributed by atoms with Crippen LogP contribution in [-0.4, -0.2) is 17.3 Å². The highest BCUT2D eigenvalue weighted by Gasteiger charge is 2.22. The zero-order chi connectivity index (χ0) is 16.9. The van der Waals surface area contributed by atoms with E-state index in [-0.39, 0.29) is 6.09 Å². The number of nitrogens with zero attached hydrogens (tertiary/aromatic N) is 1. The maximum atomic E-state index is 12.6. The molecule has 0 aliphatic rings. The summed E-state index contributed by atoms with van der Waals surface area (Å²) in [6.07, 6.45) is 2.68. The summed E-state index contributed by atoms with van der Waals surface area (Å²) in [4.78, 5) is 12.6. The van der Waals surface area contributed by atoms with Crippen molar-refractivity contribution in [2.24, 2.45) is 0 Å². The first-order valence-corrected chi connectivity index (χ1v) is 8.62. The third-order valence-electron chi connectivity index (χ3n) is 4.25. The van der Waals surface area contributed by atoms with Crippen LogP contribution in [0.15, 0.2) is 54.6 Å². The maximum Gasteiger partial charge on any atom is 0.418 e. The molecule has 3 rings (SSSR count). The molecule has 0 N–H and O–H groups in total. The molecule has 0 unspecified atom stereocenters. The first-order chi connectivity index (χ1) is 11.8. The summed E-state index contributed by atoms with van der Waals surface area (Å²) in [6.45, 7) is 4.38. The molecule has 0 spiro atoms. The van der Waals surface area contributed by atoms with Crippen molar-refractivity contribution >= 4 is 17.0 Å². The molecule has 0 radical (unpaired) electrons. The van der Waals surface area contributed by atoms with Crippen molar-refractivity contribution < 1.29 is 9.53 Å². The zero-order valence-corrected chi connectivity index (χ0v) is 14.3. The summed E-state index contributed by atoms with van der Waals surface area (Å²) in [6, 6.07) is 18.4. The molecule has 1 heterocycles. The predicted octanol–water partition coefficient (Wildman–Crippen LogP) is 5.66. The van der Waals surface area contributed by atoms with Crippen LogP contribution in [-0.2, 0) is 11.2 Å². The molecule has 0 atom stereocenters. The van der Waals surface area contributed by atoms with Crippen molar-refractivity contribution in [1.82, 2.24) is 4.57 Å². The van der Waals surface area contributed by atoms with Gasteiger partial charge in [0.1, 0.15) is 0 Å². The standard InChI is InChI=1S/C21H23NO2/c1-3-5-14-19-20(16-11-7-6-8-12-16)17-13-9-10-15-18(17)22(19)21(23)24-4-2/h6-13,15H,3-5,14H2,1-2H3. The van der Waals surface area contributed by atoms with Gasteiger partial charge in [0.05, 0.1) is 12.1 Å². The van der Waals surface area contributed by atoms with Crippen molar-refractivity contribution in [2.45, 2.75) is 33.1 Å². The summed E-state index contributed by atoms with van der Waals surface area (Å²) in [7, 11) is 0. The Balaban J connectivity index is 2.30. The Morgan fingerprint density at radius 2 is 1.71 bits per heavy atom. The third kappa shape index (κ3) is 2.94. The van der Waals surface area contributed by atoms with Gasteiger partial charge in [-0.25, -0.2) is 9.36 Å². The fourth-order valence-corrected chi connectivity index (χ4v) is 3.20. The topological polar surface area (TPSA) is 31.2 Å². The van der Waals surface area contributed by atoms with Crippen LogP contribution in [0.1, 0.15) is 32.4 Å². The summed E-state index contributed by atoms with van der Waals surface area (Å²) in [5.41, 5.74) is 4.25. The van der Waals surface area contributed by atoms with E-state index in [1.807, 2.05) is 43.3 Å². The Kier molecular flexibility index (Phi) is 4.99. The molecule has 0 fully saturated rings. The van der Waals surface area contributed by atoms with Crippen LogP contribution in [0.2, 0.25) is 0 Å². The van der Waals surface area contributed by atoms with Crippen LogP contribution in [0.25, 0.3) is 22.0 Å². The second-order valence-electron chi connectivity index (χ2n) is 5.84. The molecular weight excluding hydrogens is 298 g/mol. The zero-order valence-electron chi connectivity index (χ0n) is 14.3. The number of fused-ring (bicyclic) bond motifs is 1. The molecule has 124 valence electrons. The van der Waals surface area contributed by atoms with E-state index in [1.165, 1.54) is 0 Å². The molecule has 0 aliphatic carbocycles. The van der Waals surface area contributed by atoms with Gasteiger partial charge in [-0.3, -0.25) is 0 Å². The second-order valence-corrected chi connectivity index (χ2v) is 5.84. The van der Waals surface area contributed by atoms with E-state index in [1.54, 1.807) is 4.57 Å². The molecule has 3 heteroatoms. The molecule has 3 aromatic rings. The molecule has 0 saturated heterocycles. The molecule has 0 aliphatic heterocycles. The number of hydrogen-bond donors (Lipinski definition) is 0. The Labute approximate surface area is 142 Å². The molecule has 1 aromatic heterocycles. The van der Waals surface area contributed by atoms with Crippen LogP contribution in [0, 0.1) is 0 Å². The molecule has 2 aromatic carbocycles. The largest absolute Gasteiger partial charge is 0.449 e. The quantitative estimate of drug-likeness (QED) is 0.607. The Morgan fingerprint density at radius 3 is 2.42 bits per heavy atom. The van der Waals surface area contributed by atoms with Gasteiger partial charge in [-0.15, -0.1) is 0 Å². The molecule has 24 heavy (non-hydrogen) atoms. The summed E-state index contributed by atoms with van der Waals surface area (Å²) in [5, 5.41) is 1.10. The van der Waals surface area contributed by atoms with Gasteiger partial charge in [0.25, 0.3) is 0 Å². The van der Waals surface area contributed by atoms with Crippen molar-refractivity contribution in [2.75, 3.05) is 6.61 Å². The van der Waals surface area contributed by atoms with Gasteiger partial charge >= 0.3 is 6.09 Å². The van der Waals surface area contributed by atoms with E-state index in [2.05, 4.69) is 25.1 Å². The number of benzene rings is 2.